The molecule has 12 heteroatoms. The summed E-state index contributed by atoms with van der Waals surface area (Å²) < 4.78 is 31.0. The van der Waals surface area contributed by atoms with Crippen LogP contribution >= 0.6 is 0 Å². The zero-order valence-electron chi connectivity index (χ0n) is 21.6. The third-order valence-corrected chi connectivity index (χ3v) is 8.68. The van der Waals surface area contributed by atoms with Crippen molar-refractivity contribution in [3.8, 4) is 16.9 Å². The number of aromatic nitrogens is 6. The van der Waals surface area contributed by atoms with Crippen LogP contribution in [0.2, 0.25) is 0 Å². The molecule has 0 radical (unpaired) electrons. The Hall–Kier alpha value is -4.03. The van der Waals surface area contributed by atoms with Crippen molar-refractivity contribution in [1.82, 2.24) is 34.7 Å². The highest BCUT2D eigenvalue weighted by molar-refractivity contribution is 7.90. The van der Waals surface area contributed by atoms with Gasteiger partial charge in [-0.3, -0.25) is 10.00 Å². The molecule has 11 nitrogen and oxygen atoms in total. The van der Waals surface area contributed by atoms with Gasteiger partial charge in [-0.2, -0.15) is 5.10 Å². The van der Waals surface area contributed by atoms with Gasteiger partial charge in [0.05, 0.1) is 29.9 Å². The fourth-order valence-corrected chi connectivity index (χ4v) is 6.36. The zero-order chi connectivity index (χ0) is 26.7. The van der Waals surface area contributed by atoms with Gasteiger partial charge in [0, 0.05) is 61.5 Å². The first kappa shape index (κ1) is 24.0. The summed E-state index contributed by atoms with van der Waals surface area (Å²) in [7, 11) is -3.29. The zero-order valence-corrected chi connectivity index (χ0v) is 22.5. The average molecular weight is 545 g/mol. The van der Waals surface area contributed by atoms with E-state index in [1.54, 1.807) is 18.5 Å². The number of nitrogens with zero attached hydrogens (tertiary/aromatic N) is 7. The largest absolute Gasteiger partial charge is 0.492 e. The molecule has 8 rings (SSSR count). The monoisotopic (exact) mass is 544 g/mol. The third kappa shape index (κ3) is 4.20. The topological polar surface area (TPSA) is 122 Å². The van der Waals surface area contributed by atoms with Crippen molar-refractivity contribution in [2.45, 2.75) is 37.0 Å². The van der Waals surface area contributed by atoms with Crippen LogP contribution in [0.1, 0.15) is 18.9 Å². The van der Waals surface area contributed by atoms with E-state index >= 15 is 0 Å². The summed E-state index contributed by atoms with van der Waals surface area (Å²) in [5.74, 6) is 1.71. The van der Waals surface area contributed by atoms with Gasteiger partial charge in [0.1, 0.15) is 11.6 Å². The Balaban J connectivity index is 1.09. The summed E-state index contributed by atoms with van der Waals surface area (Å²) in [4.78, 5) is 13.8. The van der Waals surface area contributed by atoms with E-state index in [9.17, 15) is 8.42 Å². The van der Waals surface area contributed by atoms with Crippen LogP contribution in [0.25, 0.3) is 27.7 Å². The quantitative estimate of drug-likeness (QED) is 0.330. The van der Waals surface area contributed by atoms with E-state index in [-0.39, 0.29) is 5.03 Å². The molecule has 3 fully saturated rings. The van der Waals surface area contributed by atoms with Crippen molar-refractivity contribution < 1.29 is 13.2 Å². The minimum atomic E-state index is -3.29. The fourth-order valence-electron chi connectivity index (χ4n) is 5.81. The number of fused-ring (bicyclic) bond motifs is 5. The highest BCUT2D eigenvalue weighted by Gasteiger charge is 2.44. The molecule has 3 aliphatic heterocycles. The van der Waals surface area contributed by atoms with Gasteiger partial charge in [-0.05, 0) is 43.2 Å². The molecule has 200 valence electrons. The molecule has 2 atom stereocenters. The molecular formula is C27H28N8O3S. The first-order valence-corrected chi connectivity index (χ1v) is 14.9. The second-order valence-corrected chi connectivity index (χ2v) is 12.2. The lowest BCUT2D eigenvalue weighted by Crippen LogP contribution is -2.68. The van der Waals surface area contributed by atoms with E-state index in [0.717, 1.165) is 70.9 Å². The number of rotatable bonds is 7. The number of pyridine rings is 3. The minimum Gasteiger partial charge on any atom is -0.492 e. The molecule has 1 N–H and O–H groups in total. The highest BCUT2D eigenvalue weighted by atomic mass is 32.2. The Labute approximate surface area is 225 Å². The Kier molecular flexibility index (Phi) is 5.56. The van der Waals surface area contributed by atoms with Gasteiger partial charge < -0.3 is 9.64 Å². The third-order valence-electron chi connectivity index (χ3n) is 7.68. The number of ether oxygens (including phenoxy) is 1. The van der Waals surface area contributed by atoms with Crippen molar-refractivity contribution in [2.24, 2.45) is 0 Å². The molecule has 0 aromatic carbocycles. The summed E-state index contributed by atoms with van der Waals surface area (Å²) >= 11 is 0. The van der Waals surface area contributed by atoms with Gasteiger partial charge in [-0.25, -0.2) is 22.9 Å². The number of aromatic amines is 1. The summed E-state index contributed by atoms with van der Waals surface area (Å²) in [6, 6.07) is 10.6. The number of piperidine rings is 1. The van der Waals surface area contributed by atoms with Gasteiger partial charge in [-0.15, -0.1) is 5.10 Å². The first-order valence-electron chi connectivity index (χ1n) is 13.0. The molecule has 2 unspecified atom stereocenters. The SMILES string of the molecule is CCOc1cc(-c2ccc(N3CC4CC(C3)N4Cc3ccc(S(C)(=O)=O)nc3)nc2)c2c3cn[nH]c3nn2c1. The molecular weight excluding hydrogens is 516 g/mol. The summed E-state index contributed by atoms with van der Waals surface area (Å²) in [6.45, 7) is 5.11. The molecule has 0 saturated carbocycles. The van der Waals surface area contributed by atoms with Crippen LogP contribution in [0.3, 0.4) is 0 Å². The molecule has 0 aliphatic carbocycles. The Morgan fingerprint density at radius 2 is 1.92 bits per heavy atom. The molecule has 39 heavy (non-hydrogen) atoms. The van der Waals surface area contributed by atoms with E-state index in [1.807, 2.05) is 36.0 Å². The lowest BCUT2D eigenvalue weighted by molar-refractivity contribution is -0.00877. The van der Waals surface area contributed by atoms with Gasteiger partial charge in [0.2, 0.25) is 0 Å². The van der Waals surface area contributed by atoms with Gasteiger partial charge >= 0.3 is 0 Å². The number of H-pyrrole nitrogens is 1. The Bertz CT molecular complexity index is 1770. The molecule has 3 aliphatic rings. The fraction of sp³-hybridized carbons (Fsp3) is 0.333. The first-order chi connectivity index (χ1) is 18.9. The molecule has 0 spiro atoms. The van der Waals surface area contributed by atoms with Crippen molar-refractivity contribution in [1.29, 1.82) is 0 Å². The van der Waals surface area contributed by atoms with Gasteiger partial charge in [-0.1, -0.05) is 6.07 Å². The van der Waals surface area contributed by atoms with E-state index in [0.29, 0.717) is 18.7 Å². The van der Waals surface area contributed by atoms with E-state index in [2.05, 4.69) is 42.2 Å². The second-order valence-electron chi connectivity index (χ2n) is 10.3. The lowest BCUT2D eigenvalue weighted by atomic mass is 9.87. The van der Waals surface area contributed by atoms with Gasteiger partial charge in [0.25, 0.3) is 0 Å². The number of piperazine rings is 1. The molecule has 5 aromatic heterocycles. The van der Waals surface area contributed by atoms with Crippen molar-refractivity contribution >= 4 is 32.2 Å². The van der Waals surface area contributed by atoms with Crippen LogP contribution in [0.15, 0.2) is 60.1 Å². The lowest BCUT2D eigenvalue weighted by Gasteiger charge is -2.56. The van der Waals surface area contributed by atoms with Crippen LogP contribution < -0.4 is 9.64 Å². The van der Waals surface area contributed by atoms with Crippen LogP contribution in [-0.4, -0.2) is 81.1 Å². The van der Waals surface area contributed by atoms with E-state index < -0.39 is 9.84 Å². The van der Waals surface area contributed by atoms with Crippen LogP contribution in [0.4, 0.5) is 5.82 Å². The second kappa shape index (κ2) is 9.02. The number of anilines is 1. The van der Waals surface area contributed by atoms with E-state index in [4.69, 9.17) is 9.72 Å². The number of nitrogens with one attached hydrogen (secondary N) is 1. The predicted octanol–water partition coefficient (Wildman–Crippen LogP) is 2.93. The van der Waals surface area contributed by atoms with Crippen LogP contribution in [0.5, 0.6) is 5.75 Å². The summed E-state index contributed by atoms with van der Waals surface area (Å²) in [5, 5.41) is 12.8. The Morgan fingerprint density at radius 1 is 1.08 bits per heavy atom. The minimum absolute atomic E-state index is 0.114. The van der Waals surface area contributed by atoms with E-state index in [1.165, 1.54) is 6.26 Å². The molecule has 5 aromatic rings. The summed E-state index contributed by atoms with van der Waals surface area (Å²) in [5.41, 5.74) is 4.70. The number of hydrogen-bond donors (Lipinski definition) is 1. The maximum Gasteiger partial charge on any atom is 0.192 e. The normalized spacial score (nSPS) is 19.5. The van der Waals surface area contributed by atoms with Crippen molar-refractivity contribution in [3.63, 3.8) is 0 Å². The number of sulfone groups is 1. The molecule has 0 amide bonds. The highest BCUT2D eigenvalue weighted by Crippen LogP contribution is 2.37. The predicted molar refractivity (Wildman–Crippen MR) is 147 cm³/mol. The van der Waals surface area contributed by atoms with Gasteiger partial charge in [0.15, 0.2) is 20.5 Å². The number of hydrogen-bond acceptors (Lipinski definition) is 9. The Morgan fingerprint density at radius 3 is 2.62 bits per heavy atom. The van der Waals surface area contributed by atoms with Crippen LogP contribution in [-0.2, 0) is 16.4 Å². The van der Waals surface area contributed by atoms with Crippen molar-refractivity contribution in [2.75, 3.05) is 30.9 Å². The van der Waals surface area contributed by atoms with Crippen molar-refractivity contribution in [3.05, 3.63) is 60.7 Å². The maximum absolute atomic E-state index is 11.7. The summed E-state index contributed by atoms with van der Waals surface area (Å²) in [6.07, 6.45) is 9.63. The molecule has 3 saturated heterocycles. The van der Waals surface area contributed by atoms with Crippen LogP contribution in [0, 0.1) is 0 Å². The molecule has 8 heterocycles. The average Bonchev–Trinajstić information content (AvgIpc) is 3.53. The standard InChI is InChI=1S/C27H28N8O3S/c1-3-38-21-9-22(26-23-12-30-31-27(23)32-35(26)16-21)18-5-6-24(28-11-18)33-14-19-8-20(15-33)34(19)13-17-4-7-25(29-10-17)39(2,36)37/h4-7,9-12,16,19-20H,3,8,13-15H2,1-2H3,(H,31,32). The smallest absolute Gasteiger partial charge is 0.192 e. The maximum atomic E-state index is 11.7. The molecule has 2 bridgehead atoms.